The molecule has 12 heteroatoms. The van der Waals surface area contributed by atoms with Crippen molar-refractivity contribution in [2.24, 2.45) is 0 Å². The minimum absolute atomic E-state index is 0.0542. The lowest BCUT2D eigenvalue weighted by Gasteiger charge is -2.42. The van der Waals surface area contributed by atoms with Gasteiger partial charge in [0.05, 0.1) is 31.5 Å². The van der Waals surface area contributed by atoms with E-state index in [9.17, 15) is 30.6 Å². The van der Waals surface area contributed by atoms with Gasteiger partial charge < -0.3 is 19.1 Å². The van der Waals surface area contributed by atoms with Gasteiger partial charge in [-0.25, -0.2) is 8.78 Å². The van der Waals surface area contributed by atoms with Gasteiger partial charge in [0.2, 0.25) is 5.91 Å². The van der Waals surface area contributed by atoms with E-state index < -0.39 is 108 Å². The largest absolute Gasteiger partial charge is 0.416 e. The molecule has 0 bridgehead atoms. The predicted molar refractivity (Wildman–Crippen MR) is 198 cm³/mol. The van der Waals surface area contributed by atoms with Gasteiger partial charge in [-0.1, -0.05) is 60.7 Å². The number of hydrogen-bond donors (Lipinski definition) is 0. The van der Waals surface area contributed by atoms with Gasteiger partial charge in [0.15, 0.2) is 17.1 Å². The van der Waals surface area contributed by atoms with Crippen LogP contribution >= 0.6 is 11.8 Å². The maximum absolute atomic E-state index is 15.4. The number of likely N-dealkylation sites (tertiary alicyclic amines) is 1. The van der Waals surface area contributed by atoms with Crippen molar-refractivity contribution in [2.75, 3.05) is 33.3 Å². The van der Waals surface area contributed by atoms with Gasteiger partial charge >= 0.3 is 6.18 Å². The van der Waals surface area contributed by atoms with Crippen LogP contribution in [0.4, 0.5) is 22.0 Å². The maximum Gasteiger partial charge on any atom is 0.416 e. The SMILES string of the molecule is [2H]C([2H])(Sc1cc(=O)c2ccccc2n1CC(=O)N(C([2H])(C)c1ccc(-c2ccc(C(F)(F)F)cc2)cc1)C1([2H])C([2H])([2H])C([2H])([2H])N(CCOC)C([2H])([2H])C1([2H])[2H])c1cccc(F)c1F. The molecule has 0 saturated carbocycles. The molecule has 1 aromatic heterocycles. The molecule has 1 unspecified atom stereocenters. The second-order valence-corrected chi connectivity index (χ2v) is 12.5. The molecule has 53 heavy (non-hydrogen) atoms. The molecular weight excluding hydrogens is 710 g/mol. The van der Waals surface area contributed by atoms with Gasteiger partial charge in [-0.3, -0.25) is 9.59 Å². The Labute approximate surface area is 326 Å². The molecule has 1 amide bonds. The lowest BCUT2D eigenvalue weighted by atomic mass is 9.96. The first-order valence-corrected chi connectivity index (χ1v) is 16.9. The Kier molecular flexibility index (Phi) is 8.01. The number of thioether (sulfide) groups is 1. The van der Waals surface area contributed by atoms with Crippen molar-refractivity contribution >= 4 is 28.6 Å². The van der Waals surface area contributed by atoms with E-state index in [0.29, 0.717) is 0 Å². The first kappa shape index (κ1) is 25.5. The number of hydrogen-bond acceptors (Lipinski definition) is 5. The summed E-state index contributed by atoms with van der Waals surface area (Å²) in [6.45, 7) is -8.73. The fourth-order valence-corrected chi connectivity index (χ4v) is 6.33. The Bertz CT molecular complexity index is 2640. The lowest BCUT2D eigenvalue weighted by molar-refractivity contribution is -0.138. The highest BCUT2D eigenvalue weighted by Gasteiger charge is 2.33. The molecule has 0 N–H and O–H groups in total. The number of carbonyl (C=O) groups excluding carboxylic acids is 1. The average Bonchev–Trinajstić information content (AvgIpc) is 3.22. The summed E-state index contributed by atoms with van der Waals surface area (Å²) < 4.78 is 186. The normalized spacial score (nSPS) is 23.4. The van der Waals surface area contributed by atoms with E-state index in [-0.39, 0.29) is 49.2 Å². The number of ether oxygens (including phenoxy) is 1. The van der Waals surface area contributed by atoms with Gasteiger partial charge in [-0.2, -0.15) is 13.2 Å². The first-order valence-electron chi connectivity index (χ1n) is 22.1. The molecule has 0 radical (unpaired) electrons. The summed E-state index contributed by atoms with van der Waals surface area (Å²) >= 11 is 0.154. The highest BCUT2D eigenvalue weighted by Crippen LogP contribution is 2.34. The summed E-state index contributed by atoms with van der Waals surface area (Å²) in [5, 5.41) is -0.500. The standard InChI is InChI=1S/C41H40F5N3O3S/c1-27(28-10-12-29(13-11-28)30-14-16-32(17-15-30)41(44,45)46)49(33-18-20-47(21-19-33)22-23-52-2)38(51)25-48-36-9-4-3-7-34(36)37(50)24-39(48)53-26-31-6-5-8-35(42)40(31)43/h3-17,24,27,33H,18-23,25-26H2,1-2H3/i18D2,19D2,20D2,21D2,26D2,27D,33D. The highest BCUT2D eigenvalue weighted by molar-refractivity contribution is 7.98. The zero-order valence-electron chi connectivity index (χ0n) is 40.2. The summed E-state index contributed by atoms with van der Waals surface area (Å²) in [7, 11) is 1.18. The van der Waals surface area contributed by atoms with Gasteiger partial charge in [-0.15, -0.1) is 11.8 Å². The highest BCUT2D eigenvalue weighted by atomic mass is 32.2. The van der Waals surface area contributed by atoms with Crippen molar-refractivity contribution < 1.29 is 47.9 Å². The molecule has 1 saturated heterocycles. The Balaban J connectivity index is 1.58. The number of piperidine rings is 1. The molecule has 1 aliphatic heterocycles. The molecule has 5 aromatic rings. The number of aromatic nitrogens is 1. The minimum Gasteiger partial charge on any atom is -0.383 e. The van der Waals surface area contributed by atoms with Crippen molar-refractivity contribution in [1.29, 1.82) is 0 Å². The second-order valence-electron chi connectivity index (χ2n) is 11.7. The van der Waals surface area contributed by atoms with E-state index in [1.807, 2.05) is 0 Å². The lowest BCUT2D eigenvalue weighted by Crippen LogP contribution is -2.49. The zero-order valence-corrected chi connectivity index (χ0v) is 29.0. The quantitative estimate of drug-likeness (QED) is 0.0940. The fraction of sp³-hybridized carbons (Fsp3) is 0.317. The molecule has 4 aromatic carbocycles. The number of para-hydroxylation sites is 1. The van der Waals surface area contributed by atoms with Crippen LogP contribution in [-0.2, 0) is 28.0 Å². The van der Waals surface area contributed by atoms with E-state index in [2.05, 4.69) is 0 Å². The van der Waals surface area contributed by atoms with Crippen LogP contribution in [0.5, 0.6) is 0 Å². The molecular formula is C41H40F5N3O3S. The fourth-order valence-electron chi connectivity index (χ4n) is 5.52. The number of amides is 1. The van der Waals surface area contributed by atoms with Crippen molar-refractivity contribution in [3.05, 3.63) is 136 Å². The van der Waals surface area contributed by atoms with E-state index in [0.717, 1.165) is 47.9 Å². The van der Waals surface area contributed by atoms with E-state index in [1.165, 1.54) is 67.8 Å². The van der Waals surface area contributed by atoms with E-state index >= 15 is 9.18 Å². The third-order valence-corrected chi connectivity index (χ3v) is 9.15. The van der Waals surface area contributed by atoms with Crippen LogP contribution in [0.15, 0.2) is 107 Å². The van der Waals surface area contributed by atoms with Crippen molar-refractivity contribution in [2.45, 2.75) is 55.2 Å². The second kappa shape index (κ2) is 16.7. The number of nitrogens with zero attached hydrogens (tertiary/aromatic N) is 3. The molecule has 6 rings (SSSR count). The van der Waals surface area contributed by atoms with Crippen molar-refractivity contribution in [3.8, 4) is 11.1 Å². The topological polar surface area (TPSA) is 54.8 Å². The smallest absolute Gasteiger partial charge is 0.383 e. The summed E-state index contributed by atoms with van der Waals surface area (Å²) in [4.78, 5) is 29.1. The maximum atomic E-state index is 15.4. The van der Waals surface area contributed by atoms with Crippen LogP contribution < -0.4 is 5.43 Å². The number of carbonyl (C=O) groups is 1. The molecule has 2 heterocycles. The van der Waals surface area contributed by atoms with Crippen molar-refractivity contribution in [3.63, 3.8) is 0 Å². The molecule has 278 valence electrons. The third kappa shape index (κ3) is 8.83. The summed E-state index contributed by atoms with van der Waals surface area (Å²) in [6.07, 6.45) is -12.5. The summed E-state index contributed by atoms with van der Waals surface area (Å²) in [5.41, 5.74) is -5.18. The van der Waals surface area contributed by atoms with Gasteiger partial charge in [-0.05, 0) is 66.7 Å². The average molecular weight is 762 g/mol. The predicted octanol–water partition coefficient (Wildman–Crippen LogP) is 8.96. The van der Waals surface area contributed by atoms with Gasteiger partial charge in [0.25, 0.3) is 0 Å². The van der Waals surface area contributed by atoms with Crippen LogP contribution in [0.3, 0.4) is 0 Å². The van der Waals surface area contributed by atoms with Crippen LogP contribution in [0.2, 0.25) is 0 Å². The molecule has 6 nitrogen and oxygen atoms in total. The third-order valence-electron chi connectivity index (χ3n) is 8.29. The Hall–Kier alpha value is -4.52. The Morgan fingerprint density at radius 3 is 2.34 bits per heavy atom. The minimum atomic E-state index is -4.63. The van der Waals surface area contributed by atoms with E-state index in [4.69, 9.17) is 13.0 Å². The van der Waals surface area contributed by atoms with Crippen LogP contribution in [-0.4, -0.2) is 59.5 Å². The summed E-state index contributed by atoms with van der Waals surface area (Å²) in [5.74, 6) is -4.51. The van der Waals surface area contributed by atoms with Gasteiger partial charge in [0.1, 0.15) is 6.54 Å². The molecule has 0 aliphatic carbocycles. The van der Waals surface area contributed by atoms with Crippen molar-refractivity contribution in [1.82, 2.24) is 14.4 Å². The Morgan fingerprint density at radius 2 is 1.68 bits per heavy atom. The summed E-state index contributed by atoms with van der Waals surface area (Å²) in [6, 6.07) is 11.3. The first-order chi connectivity index (χ1) is 29.9. The molecule has 1 fully saturated rings. The zero-order chi connectivity index (χ0) is 48.5. The number of benzene rings is 4. The number of pyridine rings is 1. The number of methoxy groups -OCH3 is 1. The Morgan fingerprint density at radius 1 is 1.02 bits per heavy atom. The number of alkyl halides is 3. The van der Waals surface area contributed by atoms with Crippen LogP contribution in [0, 0.1) is 11.6 Å². The number of fused-ring (bicyclic) bond motifs is 1. The molecule has 1 atom stereocenters. The number of halogens is 5. The molecule has 1 aliphatic rings. The van der Waals surface area contributed by atoms with Gasteiger partial charge in [0, 0.05) is 69.1 Å². The van der Waals surface area contributed by atoms with Crippen LogP contribution in [0.1, 0.15) is 58.8 Å². The molecule has 0 spiro atoms. The van der Waals surface area contributed by atoms with E-state index in [1.54, 1.807) is 0 Å². The monoisotopic (exact) mass is 761 g/mol. The van der Waals surface area contributed by atoms with Crippen LogP contribution in [0.25, 0.3) is 22.0 Å². The number of rotatable bonds is 12.